The van der Waals surface area contributed by atoms with E-state index in [9.17, 15) is 0 Å². The van der Waals surface area contributed by atoms with Crippen LogP contribution in [0.15, 0.2) is 23.3 Å². The smallest absolute Gasteiger partial charge is 0.0112 e. The van der Waals surface area contributed by atoms with Crippen LogP contribution in [0.3, 0.4) is 0 Å². The number of hydrogen-bond acceptors (Lipinski definition) is 1. The first-order valence-electron chi connectivity index (χ1n) is 5.84. The average Bonchev–Trinajstić information content (AvgIpc) is 2.19. The Hall–Kier alpha value is -0.560. The SMILES string of the molecule is C/C=C(CCCC)\C(=C/CN)CCC. The van der Waals surface area contributed by atoms with E-state index < -0.39 is 0 Å². The Morgan fingerprint density at radius 2 is 1.79 bits per heavy atom. The molecule has 0 radical (unpaired) electrons. The first-order valence-corrected chi connectivity index (χ1v) is 5.84. The highest BCUT2D eigenvalue weighted by Gasteiger charge is 2.02. The van der Waals surface area contributed by atoms with Crippen LogP contribution < -0.4 is 5.73 Å². The van der Waals surface area contributed by atoms with Gasteiger partial charge in [0.2, 0.25) is 0 Å². The molecule has 0 aliphatic rings. The number of unbranched alkanes of at least 4 members (excludes halogenated alkanes) is 1. The van der Waals surface area contributed by atoms with Crippen LogP contribution >= 0.6 is 0 Å². The van der Waals surface area contributed by atoms with Crippen molar-refractivity contribution in [2.24, 2.45) is 5.73 Å². The molecule has 14 heavy (non-hydrogen) atoms. The van der Waals surface area contributed by atoms with E-state index in [1.165, 1.54) is 43.3 Å². The molecule has 0 saturated carbocycles. The molecule has 1 nitrogen and oxygen atoms in total. The maximum Gasteiger partial charge on any atom is 0.0112 e. The minimum absolute atomic E-state index is 0.665. The summed E-state index contributed by atoms with van der Waals surface area (Å²) < 4.78 is 0. The largest absolute Gasteiger partial charge is 0.327 e. The van der Waals surface area contributed by atoms with Gasteiger partial charge in [-0.1, -0.05) is 38.8 Å². The highest BCUT2D eigenvalue weighted by molar-refractivity contribution is 5.30. The van der Waals surface area contributed by atoms with Crippen LogP contribution in [0.4, 0.5) is 0 Å². The van der Waals surface area contributed by atoms with Gasteiger partial charge in [-0.25, -0.2) is 0 Å². The Kier molecular flexibility index (Phi) is 8.65. The molecule has 0 heterocycles. The van der Waals surface area contributed by atoms with Gasteiger partial charge in [-0.15, -0.1) is 0 Å². The maximum atomic E-state index is 5.58. The zero-order chi connectivity index (χ0) is 10.8. The van der Waals surface area contributed by atoms with Crippen molar-refractivity contribution in [3.05, 3.63) is 23.3 Å². The van der Waals surface area contributed by atoms with Crippen molar-refractivity contribution in [2.45, 2.75) is 52.9 Å². The summed E-state index contributed by atoms with van der Waals surface area (Å²) in [5.41, 5.74) is 8.54. The second-order valence-electron chi connectivity index (χ2n) is 3.63. The van der Waals surface area contributed by atoms with Crippen LogP contribution in [0.1, 0.15) is 52.9 Å². The Morgan fingerprint density at radius 3 is 2.21 bits per heavy atom. The lowest BCUT2D eigenvalue weighted by Crippen LogP contribution is -1.98. The third kappa shape index (κ3) is 5.23. The van der Waals surface area contributed by atoms with Crippen LogP contribution in [-0.4, -0.2) is 6.54 Å². The molecule has 0 aromatic rings. The highest BCUT2D eigenvalue weighted by Crippen LogP contribution is 2.21. The van der Waals surface area contributed by atoms with Crippen LogP contribution in [0.2, 0.25) is 0 Å². The van der Waals surface area contributed by atoms with Gasteiger partial charge in [0.1, 0.15) is 0 Å². The Morgan fingerprint density at radius 1 is 1.07 bits per heavy atom. The van der Waals surface area contributed by atoms with E-state index in [-0.39, 0.29) is 0 Å². The van der Waals surface area contributed by atoms with E-state index in [1.54, 1.807) is 0 Å². The van der Waals surface area contributed by atoms with Crippen LogP contribution in [-0.2, 0) is 0 Å². The van der Waals surface area contributed by atoms with E-state index in [0.29, 0.717) is 6.54 Å². The van der Waals surface area contributed by atoms with Crippen molar-refractivity contribution in [1.82, 2.24) is 0 Å². The number of allylic oxidation sites excluding steroid dienone is 3. The zero-order valence-electron chi connectivity index (χ0n) is 9.97. The molecule has 0 spiro atoms. The predicted molar refractivity (Wildman–Crippen MR) is 65.3 cm³/mol. The summed E-state index contributed by atoms with van der Waals surface area (Å²) in [5, 5.41) is 0. The molecule has 0 aromatic heterocycles. The van der Waals surface area contributed by atoms with Gasteiger partial charge in [-0.2, -0.15) is 0 Å². The van der Waals surface area contributed by atoms with Gasteiger partial charge in [0.15, 0.2) is 0 Å². The number of rotatable bonds is 7. The lowest BCUT2D eigenvalue weighted by atomic mass is 9.96. The van der Waals surface area contributed by atoms with E-state index in [1.807, 2.05) is 0 Å². The fraction of sp³-hybridized carbons (Fsp3) is 0.692. The van der Waals surface area contributed by atoms with Gasteiger partial charge in [-0.05, 0) is 37.3 Å². The third-order valence-electron chi connectivity index (χ3n) is 2.44. The molecule has 0 fully saturated rings. The molecule has 0 aliphatic carbocycles. The monoisotopic (exact) mass is 195 g/mol. The van der Waals surface area contributed by atoms with Gasteiger partial charge in [0.05, 0.1) is 0 Å². The molecular weight excluding hydrogens is 170 g/mol. The van der Waals surface area contributed by atoms with E-state index in [0.717, 1.165) is 0 Å². The summed E-state index contributed by atoms with van der Waals surface area (Å²) >= 11 is 0. The van der Waals surface area contributed by atoms with E-state index in [4.69, 9.17) is 5.73 Å². The zero-order valence-corrected chi connectivity index (χ0v) is 9.97. The van der Waals surface area contributed by atoms with Gasteiger partial charge >= 0.3 is 0 Å². The van der Waals surface area contributed by atoms with Crippen molar-refractivity contribution in [3.8, 4) is 0 Å². The lowest BCUT2D eigenvalue weighted by molar-refractivity contribution is 0.774. The maximum absolute atomic E-state index is 5.58. The molecule has 0 atom stereocenters. The topological polar surface area (TPSA) is 26.0 Å². The molecule has 0 rings (SSSR count). The Balaban J connectivity index is 4.36. The minimum atomic E-state index is 0.665. The summed E-state index contributed by atoms with van der Waals surface area (Å²) in [6.45, 7) is 7.25. The number of hydrogen-bond donors (Lipinski definition) is 1. The van der Waals surface area contributed by atoms with Gasteiger partial charge in [0.25, 0.3) is 0 Å². The molecule has 0 bridgehead atoms. The minimum Gasteiger partial charge on any atom is -0.327 e. The van der Waals surface area contributed by atoms with Crippen LogP contribution in [0.25, 0.3) is 0 Å². The van der Waals surface area contributed by atoms with Crippen molar-refractivity contribution < 1.29 is 0 Å². The van der Waals surface area contributed by atoms with Crippen molar-refractivity contribution in [1.29, 1.82) is 0 Å². The summed E-state index contributed by atoms with van der Waals surface area (Å²) in [6, 6.07) is 0. The van der Waals surface area contributed by atoms with Gasteiger partial charge in [0, 0.05) is 6.54 Å². The van der Waals surface area contributed by atoms with Gasteiger partial charge < -0.3 is 5.73 Å². The van der Waals surface area contributed by atoms with Gasteiger partial charge in [-0.3, -0.25) is 0 Å². The fourth-order valence-electron chi connectivity index (χ4n) is 1.66. The highest BCUT2D eigenvalue weighted by atomic mass is 14.5. The van der Waals surface area contributed by atoms with Crippen molar-refractivity contribution in [3.63, 3.8) is 0 Å². The molecule has 82 valence electrons. The molecular formula is C13H25N. The predicted octanol–water partition coefficient (Wildman–Crippen LogP) is 3.81. The van der Waals surface area contributed by atoms with Crippen molar-refractivity contribution >= 4 is 0 Å². The summed E-state index contributed by atoms with van der Waals surface area (Å²) in [7, 11) is 0. The third-order valence-corrected chi connectivity index (χ3v) is 2.44. The molecule has 1 heteroatoms. The molecule has 0 aliphatic heterocycles. The Labute approximate surface area is 89.1 Å². The van der Waals surface area contributed by atoms with Crippen LogP contribution in [0.5, 0.6) is 0 Å². The molecule has 2 N–H and O–H groups in total. The quantitative estimate of drug-likeness (QED) is 0.614. The Bertz CT molecular complexity index is 189. The summed E-state index contributed by atoms with van der Waals surface area (Å²) in [5.74, 6) is 0. The normalized spacial score (nSPS) is 13.4. The first kappa shape index (κ1) is 13.4. The molecule has 0 saturated heterocycles. The standard InChI is InChI=1S/C13H25N/c1-4-7-9-12(6-3)13(8-5-2)10-11-14/h6,10H,4-5,7-9,11,14H2,1-3H3/b12-6-,13-10-. The van der Waals surface area contributed by atoms with E-state index in [2.05, 4.69) is 32.9 Å². The lowest BCUT2D eigenvalue weighted by Gasteiger charge is -2.10. The van der Waals surface area contributed by atoms with Crippen molar-refractivity contribution in [2.75, 3.05) is 6.54 Å². The summed E-state index contributed by atoms with van der Waals surface area (Å²) in [4.78, 5) is 0. The van der Waals surface area contributed by atoms with Crippen LogP contribution in [0, 0.1) is 0 Å². The second-order valence-corrected chi connectivity index (χ2v) is 3.63. The molecule has 0 unspecified atom stereocenters. The molecule has 0 amide bonds. The average molecular weight is 195 g/mol. The van der Waals surface area contributed by atoms with E-state index >= 15 is 0 Å². The fourth-order valence-corrected chi connectivity index (χ4v) is 1.66. The molecule has 0 aromatic carbocycles. The summed E-state index contributed by atoms with van der Waals surface area (Å²) in [6.07, 6.45) is 10.5. The first-order chi connectivity index (χ1) is 6.79. The number of nitrogens with two attached hydrogens (primary N) is 1. The second kappa shape index (κ2) is 9.01.